The summed E-state index contributed by atoms with van der Waals surface area (Å²) in [5.74, 6) is -1.56. The van der Waals surface area contributed by atoms with Crippen LogP contribution in [0.25, 0.3) is 0 Å². The molecule has 0 aliphatic rings. The number of hydrogen-bond acceptors (Lipinski definition) is 5. The Morgan fingerprint density at radius 1 is 1.11 bits per heavy atom. The third-order valence-electron chi connectivity index (χ3n) is 3.47. The molecular formula is C16H17F2KO7PS+. The van der Waals surface area contributed by atoms with Gasteiger partial charge in [0.05, 0.1) is 0 Å². The fourth-order valence-corrected chi connectivity index (χ4v) is 3.70. The van der Waals surface area contributed by atoms with E-state index in [1.165, 1.54) is 6.07 Å². The van der Waals surface area contributed by atoms with Gasteiger partial charge in [0.2, 0.25) is 5.44 Å². The number of aryl methyl sites for hydroxylation is 1. The van der Waals surface area contributed by atoms with Crippen LogP contribution in [0.3, 0.4) is 0 Å². The quantitative estimate of drug-likeness (QED) is 0.327. The molecule has 0 spiro atoms. The van der Waals surface area contributed by atoms with Crippen LogP contribution >= 0.6 is 8.25 Å². The third-order valence-corrected chi connectivity index (χ3v) is 5.04. The fourth-order valence-electron chi connectivity index (χ4n) is 2.27. The van der Waals surface area contributed by atoms with E-state index in [0.29, 0.717) is 12.2 Å². The maximum absolute atomic E-state index is 13.2. The van der Waals surface area contributed by atoms with E-state index in [4.69, 9.17) is 14.2 Å². The van der Waals surface area contributed by atoms with Crippen molar-refractivity contribution in [2.45, 2.75) is 24.7 Å². The summed E-state index contributed by atoms with van der Waals surface area (Å²) in [7, 11) is -7.81. The van der Waals surface area contributed by atoms with Crippen LogP contribution in [-0.4, -0.2) is 23.3 Å². The first-order valence-electron chi connectivity index (χ1n) is 7.66. The van der Waals surface area contributed by atoms with Gasteiger partial charge in [0.1, 0.15) is 11.5 Å². The molecule has 0 radical (unpaired) electrons. The summed E-state index contributed by atoms with van der Waals surface area (Å²) in [5.41, 5.74) is -1.06. The normalized spacial score (nSPS) is 12.8. The molecule has 7 nitrogen and oxygen atoms in total. The van der Waals surface area contributed by atoms with Crippen molar-refractivity contribution in [2.75, 3.05) is 0 Å². The number of ether oxygens (including phenoxy) is 1. The Balaban J connectivity index is 0.00000392. The zero-order valence-electron chi connectivity index (χ0n) is 15.8. The van der Waals surface area contributed by atoms with E-state index in [9.17, 15) is 21.8 Å². The summed E-state index contributed by atoms with van der Waals surface area (Å²) in [6.07, 6.45) is 0.379. The maximum Gasteiger partial charge on any atom is 1.00 e. The average Bonchev–Trinajstić information content (AvgIpc) is 2.56. The summed E-state index contributed by atoms with van der Waals surface area (Å²) >= 11 is 0. The van der Waals surface area contributed by atoms with Crippen molar-refractivity contribution in [3.8, 4) is 11.5 Å². The second-order valence-corrected chi connectivity index (χ2v) is 7.75. The van der Waals surface area contributed by atoms with Crippen molar-refractivity contribution < 1.29 is 93.3 Å². The minimum absolute atomic E-state index is 0. The first kappa shape index (κ1) is 25.7. The molecule has 0 saturated carbocycles. The summed E-state index contributed by atoms with van der Waals surface area (Å²) < 4.78 is 77.8. The first-order chi connectivity index (χ1) is 12.6. The van der Waals surface area contributed by atoms with Gasteiger partial charge < -0.3 is 6.16 Å². The molecule has 2 unspecified atom stereocenters. The summed E-state index contributed by atoms with van der Waals surface area (Å²) in [6.45, 7) is 0. The van der Waals surface area contributed by atoms with Crippen LogP contribution in [0.15, 0.2) is 42.5 Å². The molecule has 0 aromatic heterocycles. The molecule has 2 rings (SSSR count). The van der Waals surface area contributed by atoms with Crippen LogP contribution in [-0.2, 0) is 25.6 Å². The monoisotopic (exact) mass is 461 g/mol. The van der Waals surface area contributed by atoms with E-state index in [-0.39, 0.29) is 71.4 Å². The smallest absolute Gasteiger partial charge is 1.00 e. The Hall–Kier alpha value is -0.334. The molecular weight excluding hydrogens is 444 g/mol. The Morgan fingerprint density at radius 3 is 2.39 bits per heavy atom. The molecule has 2 aromatic carbocycles. The van der Waals surface area contributed by atoms with Crippen LogP contribution in [0, 0.1) is 11.6 Å². The molecule has 12 heteroatoms. The number of rotatable bonds is 9. The van der Waals surface area contributed by atoms with Gasteiger partial charge in [-0.15, -0.1) is 4.89 Å². The maximum atomic E-state index is 13.2. The number of halogens is 2. The zero-order chi connectivity index (χ0) is 20.0. The van der Waals surface area contributed by atoms with Gasteiger partial charge in [-0.2, -0.15) is 8.42 Å². The Labute approximate surface area is 205 Å². The molecule has 0 aliphatic carbocycles. The van der Waals surface area contributed by atoms with E-state index in [1.54, 1.807) is 24.3 Å². The van der Waals surface area contributed by atoms with Gasteiger partial charge in [-0.1, -0.05) is 16.7 Å². The van der Waals surface area contributed by atoms with Crippen LogP contribution in [0.1, 0.15) is 19.8 Å². The number of hydrogen-bond donors (Lipinski definition) is 2. The minimum atomic E-state index is -4.63. The number of benzene rings is 2. The minimum Gasteiger partial charge on any atom is -1.00 e. The Kier molecular flexibility index (Phi) is 10.8. The summed E-state index contributed by atoms with van der Waals surface area (Å²) in [5, 5.41) is 0. The van der Waals surface area contributed by atoms with Crippen LogP contribution in [0.2, 0.25) is 0 Å². The molecule has 0 bridgehead atoms. The van der Waals surface area contributed by atoms with Crippen LogP contribution < -0.4 is 56.1 Å². The van der Waals surface area contributed by atoms with E-state index >= 15 is 0 Å². The fraction of sp³-hybridized carbons (Fsp3) is 0.250. The van der Waals surface area contributed by atoms with Crippen LogP contribution in [0.5, 0.6) is 11.5 Å². The molecule has 2 aromatic rings. The van der Waals surface area contributed by atoms with E-state index in [2.05, 4.69) is 4.52 Å². The predicted octanol–water partition coefficient (Wildman–Crippen LogP) is 1.08. The van der Waals surface area contributed by atoms with Gasteiger partial charge in [-0.25, -0.2) is 8.78 Å². The molecule has 0 fully saturated rings. The first-order valence-corrected chi connectivity index (χ1v) is 10.3. The van der Waals surface area contributed by atoms with Gasteiger partial charge in [0.25, 0.3) is 10.1 Å². The summed E-state index contributed by atoms with van der Waals surface area (Å²) in [4.78, 5) is 8.66. The van der Waals surface area contributed by atoms with Gasteiger partial charge in [-0.3, -0.25) is 4.55 Å². The van der Waals surface area contributed by atoms with Crippen molar-refractivity contribution in [3.63, 3.8) is 0 Å². The molecule has 2 atom stereocenters. The van der Waals surface area contributed by atoms with E-state index in [0.717, 1.165) is 17.7 Å². The van der Waals surface area contributed by atoms with Crippen molar-refractivity contribution in [1.82, 2.24) is 0 Å². The third kappa shape index (κ3) is 8.58. The zero-order valence-corrected chi connectivity index (χ0v) is 19.6. The predicted molar refractivity (Wildman–Crippen MR) is 93.2 cm³/mol. The topological polar surface area (TPSA) is 110 Å². The van der Waals surface area contributed by atoms with Crippen molar-refractivity contribution in [2.24, 2.45) is 0 Å². The summed E-state index contributed by atoms with van der Waals surface area (Å²) in [6, 6.07) is 9.74. The Bertz CT molecular complexity index is 933. The van der Waals surface area contributed by atoms with E-state index < -0.39 is 35.4 Å². The molecule has 0 heterocycles. The van der Waals surface area contributed by atoms with Crippen molar-refractivity contribution >= 4 is 18.4 Å². The second-order valence-electron chi connectivity index (χ2n) is 5.51. The molecule has 0 saturated heterocycles. The average molecular weight is 461 g/mol. The largest absolute Gasteiger partial charge is 1.00 e. The van der Waals surface area contributed by atoms with Gasteiger partial charge in [0.15, 0.2) is 11.6 Å². The second kappa shape index (κ2) is 11.7. The van der Waals surface area contributed by atoms with Gasteiger partial charge in [-0.05, 0) is 49.1 Å². The van der Waals surface area contributed by atoms with Crippen molar-refractivity contribution in [1.29, 1.82) is 0 Å². The van der Waals surface area contributed by atoms with E-state index in [1.807, 2.05) is 0 Å². The Morgan fingerprint density at radius 2 is 1.79 bits per heavy atom. The van der Waals surface area contributed by atoms with Crippen molar-refractivity contribution in [3.05, 3.63) is 59.7 Å². The van der Waals surface area contributed by atoms with Gasteiger partial charge >= 0.3 is 59.6 Å². The van der Waals surface area contributed by atoms with Gasteiger partial charge in [0, 0.05) is 10.6 Å². The molecule has 0 aliphatic heterocycles. The van der Waals surface area contributed by atoms with Crippen LogP contribution in [0.4, 0.5) is 8.78 Å². The standard InChI is InChI=1S/C16H15F2O7PS.K.H/c17-14-8-7-13(10-15(14)18)24-12-5-1-3-11(9-12)4-2-6-16(25-26(19)20)27(21,22)23;;/h1,3,5,7-10,16H,2,4,6H2,(H-,19,20,21,22,23);;/q;+1;-1/p+1. The molecule has 2 N–H and O–H groups in total. The SMILES string of the molecule is O=[P+](O)OC(CCCc1cccc(Oc2ccc(F)c(F)c2)c1)S(=O)(=O)O.[H-].[K+]. The molecule has 0 amide bonds. The molecule has 148 valence electrons. The molecule has 28 heavy (non-hydrogen) atoms.